The molecule has 86 valence electrons. The molecule has 0 radical (unpaired) electrons. The van der Waals surface area contributed by atoms with E-state index in [4.69, 9.17) is 5.11 Å². The van der Waals surface area contributed by atoms with Crippen LogP contribution in [0.4, 0.5) is 5.95 Å². The summed E-state index contributed by atoms with van der Waals surface area (Å²) in [6.45, 7) is 1.72. The molecule has 0 unspecified atom stereocenters. The highest BCUT2D eigenvalue weighted by atomic mass is 16.4. The van der Waals surface area contributed by atoms with E-state index in [0.717, 1.165) is 25.9 Å². The Morgan fingerprint density at radius 1 is 1.50 bits per heavy atom. The van der Waals surface area contributed by atoms with Crippen molar-refractivity contribution < 1.29 is 9.90 Å². The molecule has 1 saturated heterocycles. The molecule has 0 spiro atoms. The summed E-state index contributed by atoms with van der Waals surface area (Å²) in [5, 5.41) is 8.65. The Kier molecular flexibility index (Phi) is 2.89. The van der Waals surface area contributed by atoms with Crippen molar-refractivity contribution >= 4 is 11.9 Å². The average Bonchev–Trinajstić information content (AvgIpc) is 2.67. The maximum Gasteiger partial charge on any atom is 0.309 e. The van der Waals surface area contributed by atoms with Crippen LogP contribution in [0.1, 0.15) is 18.5 Å². The van der Waals surface area contributed by atoms with Crippen molar-refractivity contribution in [2.75, 3.05) is 18.0 Å². The number of aromatic nitrogens is 2. The molecule has 2 N–H and O–H groups in total. The Balaban J connectivity index is 2.27. The predicted octanol–water partition coefficient (Wildman–Crippen LogP) is -0.00280. The summed E-state index contributed by atoms with van der Waals surface area (Å²) in [6.07, 6.45) is 1.94. The molecule has 6 nitrogen and oxygen atoms in total. The Morgan fingerprint density at radius 2 is 2.19 bits per heavy atom. The Labute approximate surface area is 91.9 Å². The third-order valence-corrected chi connectivity index (χ3v) is 2.52. The van der Waals surface area contributed by atoms with Crippen LogP contribution in [0.3, 0.4) is 0 Å². The van der Waals surface area contributed by atoms with Crippen molar-refractivity contribution in [2.45, 2.75) is 19.3 Å². The van der Waals surface area contributed by atoms with Crippen molar-refractivity contribution in [3.05, 3.63) is 22.1 Å². The van der Waals surface area contributed by atoms with Gasteiger partial charge in [-0.05, 0) is 12.8 Å². The van der Waals surface area contributed by atoms with Gasteiger partial charge in [-0.1, -0.05) is 0 Å². The molecule has 0 amide bonds. The number of nitrogens with one attached hydrogen (secondary N) is 1. The van der Waals surface area contributed by atoms with Crippen molar-refractivity contribution in [1.29, 1.82) is 0 Å². The van der Waals surface area contributed by atoms with E-state index < -0.39 is 5.97 Å². The van der Waals surface area contributed by atoms with Gasteiger partial charge in [0.15, 0.2) is 0 Å². The summed E-state index contributed by atoms with van der Waals surface area (Å²) in [6, 6.07) is 1.23. The summed E-state index contributed by atoms with van der Waals surface area (Å²) in [5.41, 5.74) is 0.00583. The Bertz CT molecular complexity index is 449. The molecular weight excluding hydrogens is 210 g/mol. The van der Waals surface area contributed by atoms with Gasteiger partial charge in [0.25, 0.3) is 5.56 Å². The monoisotopic (exact) mass is 223 g/mol. The molecule has 1 aromatic heterocycles. The SMILES string of the molecule is O=C(O)Cc1cc(=O)[nH]c(N2CCCC2)n1. The fourth-order valence-electron chi connectivity index (χ4n) is 1.82. The van der Waals surface area contributed by atoms with E-state index in [0.29, 0.717) is 11.6 Å². The number of nitrogens with zero attached hydrogens (tertiary/aromatic N) is 2. The molecular formula is C10H13N3O3. The van der Waals surface area contributed by atoms with Gasteiger partial charge in [0.1, 0.15) is 0 Å². The lowest BCUT2D eigenvalue weighted by Gasteiger charge is -2.15. The number of H-pyrrole nitrogens is 1. The van der Waals surface area contributed by atoms with Gasteiger partial charge in [0.05, 0.1) is 12.1 Å². The molecule has 1 aliphatic heterocycles. The third-order valence-electron chi connectivity index (χ3n) is 2.52. The zero-order valence-electron chi connectivity index (χ0n) is 8.77. The quantitative estimate of drug-likeness (QED) is 0.753. The lowest BCUT2D eigenvalue weighted by molar-refractivity contribution is -0.136. The second-order valence-corrected chi connectivity index (χ2v) is 3.83. The van der Waals surface area contributed by atoms with Gasteiger partial charge in [0, 0.05) is 19.2 Å². The number of aromatic amines is 1. The molecule has 1 aromatic rings. The van der Waals surface area contributed by atoms with Crippen molar-refractivity contribution in [3.8, 4) is 0 Å². The van der Waals surface area contributed by atoms with Crippen molar-refractivity contribution in [2.24, 2.45) is 0 Å². The van der Waals surface area contributed by atoms with Crippen molar-refractivity contribution in [3.63, 3.8) is 0 Å². The Hall–Kier alpha value is -1.85. The summed E-state index contributed by atoms with van der Waals surface area (Å²) in [7, 11) is 0. The summed E-state index contributed by atoms with van der Waals surface area (Å²) >= 11 is 0. The van der Waals surface area contributed by atoms with Gasteiger partial charge in [0.2, 0.25) is 5.95 Å². The fourth-order valence-corrected chi connectivity index (χ4v) is 1.82. The van der Waals surface area contributed by atoms with E-state index >= 15 is 0 Å². The largest absolute Gasteiger partial charge is 0.481 e. The van der Waals surface area contributed by atoms with E-state index in [1.165, 1.54) is 6.07 Å². The van der Waals surface area contributed by atoms with Gasteiger partial charge < -0.3 is 10.0 Å². The van der Waals surface area contributed by atoms with Crippen LogP contribution >= 0.6 is 0 Å². The highest BCUT2D eigenvalue weighted by molar-refractivity contribution is 5.69. The van der Waals surface area contributed by atoms with Gasteiger partial charge >= 0.3 is 5.97 Å². The number of carboxylic acids is 1. The number of carbonyl (C=O) groups is 1. The topological polar surface area (TPSA) is 86.3 Å². The normalized spacial score (nSPS) is 15.4. The number of anilines is 1. The first-order valence-electron chi connectivity index (χ1n) is 5.22. The zero-order valence-corrected chi connectivity index (χ0v) is 8.77. The average molecular weight is 223 g/mol. The van der Waals surface area contributed by atoms with Crippen LogP contribution in [-0.2, 0) is 11.2 Å². The van der Waals surface area contributed by atoms with Crippen molar-refractivity contribution in [1.82, 2.24) is 9.97 Å². The summed E-state index contributed by atoms with van der Waals surface area (Å²) in [5.74, 6) is -0.494. The molecule has 0 aliphatic carbocycles. The molecule has 0 atom stereocenters. The predicted molar refractivity (Wildman–Crippen MR) is 57.6 cm³/mol. The smallest absolute Gasteiger partial charge is 0.309 e. The maximum absolute atomic E-state index is 11.3. The van der Waals surface area contributed by atoms with E-state index in [1.54, 1.807) is 0 Å². The second-order valence-electron chi connectivity index (χ2n) is 3.83. The van der Waals surface area contributed by atoms with Crippen LogP contribution in [0.2, 0.25) is 0 Å². The number of hydrogen-bond donors (Lipinski definition) is 2. The molecule has 0 saturated carbocycles. The Morgan fingerprint density at radius 3 is 2.81 bits per heavy atom. The number of aliphatic carboxylic acids is 1. The first kappa shape index (κ1) is 10.7. The minimum atomic E-state index is -0.981. The zero-order chi connectivity index (χ0) is 11.5. The minimum absolute atomic E-state index is 0.218. The van der Waals surface area contributed by atoms with Crippen LogP contribution in [0.25, 0.3) is 0 Å². The number of hydrogen-bond acceptors (Lipinski definition) is 4. The molecule has 6 heteroatoms. The van der Waals surface area contributed by atoms with Crippen LogP contribution in [0, 0.1) is 0 Å². The second kappa shape index (κ2) is 4.34. The highest BCUT2D eigenvalue weighted by Gasteiger charge is 2.15. The molecule has 0 aromatic carbocycles. The molecule has 16 heavy (non-hydrogen) atoms. The molecule has 2 heterocycles. The minimum Gasteiger partial charge on any atom is -0.481 e. The summed E-state index contributed by atoms with van der Waals surface area (Å²) in [4.78, 5) is 30.6. The maximum atomic E-state index is 11.3. The van der Waals surface area contributed by atoms with Gasteiger partial charge in [-0.2, -0.15) is 0 Å². The fraction of sp³-hybridized carbons (Fsp3) is 0.500. The van der Waals surface area contributed by atoms with E-state index in [-0.39, 0.29) is 12.0 Å². The standard InChI is InChI=1S/C10H13N3O3/c14-8-5-7(6-9(15)16)11-10(12-8)13-3-1-2-4-13/h5H,1-4,6H2,(H,15,16)(H,11,12,14). The molecule has 0 bridgehead atoms. The van der Waals surface area contributed by atoms with Gasteiger partial charge in [-0.25, -0.2) is 4.98 Å². The molecule has 1 aliphatic rings. The first-order valence-corrected chi connectivity index (χ1v) is 5.22. The van der Waals surface area contributed by atoms with Gasteiger partial charge in [-0.3, -0.25) is 14.6 Å². The van der Waals surface area contributed by atoms with Crippen LogP contribution in [0.15, 0.2) is 10.9 Å². The first-order chi connectivity index (χ1) is 7.65. The molecule has 1 fully saturated rings. The highest BCUT2D eigenvalue weighted by Crippen LogP contribution is 2.14. The lowest BCUT2D eigenvalue weighted by Crippen LogP contribution is -2.24. The number of rotatable bonds is 3. The van der Waals surface area contributed by atoms with E-state index in [2.05, 4.69) is 9.97 Å². The van der Waals surface area contributed by atoms with Gasteiger partial charge in [-0.15, -0.1) is 0 Å². The lowest BCUT2D eigenvalue weighted by atomic mass is 10.3. The third kappa shape index (κ3) is 2.39. The van der Waals surface area contributed by atoms with Crippen LogP contribution < -0.4 is 10.5 Å². The van der Waals surface area contributed by atoms with E-state index in [1.807, 2.05) is 4.90 Å². The summed E-state index contributed by atoms with van der Waals surface area (Å²) < 4.78 is 0. The van der Waals surface area contributed by atoms with Crippen LogP contribution in [-0.4, -0.2) is 34.1 Å². The van der Waals surface area contributed by atoms with Crippen LogP contribution in [0.5, 0.6) is 0 Å². The van der Waals surface area contributed by atoms with E-state index in [9.17, 15) is 9.59 Å². The molecule has 2 rings (SSSR count). The number of carboxylic acid groups (broad SMARTS) is 1.